The number of nitriles is 1. The SMILES string of the molecule is N#C/C(=C/c1ccc(OCc2ccc(Cl)cc2)c(Br)c1)C(=O)NC1CCCC1. The van der Waals surface area contributed by atoms with Crippen LogP contribution in [0.25, 0.3) is 6.08 Å². The number of carbonyl (C=O) groups is 1. The Morgan fingerprint density at radius 1 is 1.25 bits per heavy atom. The van der Waals surface area contributed by atoms with E-state index in [4.69, 9.17) is 16.3 Å². The van der Waals surface area contributed by atoms with Crippen LogP contribution >= 0.6 is 27.5 Å². The van der Waals surface area contributed by atoms with Gasteiger partial charge in [0.2, 0.25) is 0 Å². The number of hydrogen-bond acceptors (Lipinski definition) is 3. The molecule has 28 heavy (non-hydrogen) atoms. The van der Waals surface area contributed by atoms with Gasteiger partial charge in [-0.15, -0.1) is 0 Å². The van der Waals surface area contributed by atoms with Crippen molar-refractivity contribution in [2.24, 2.45) is 0 Å². The summed E-state index contributed by atoms with van der Waals surface area (Å²) < 4.78 is 6.58. The fourth-order valence-electron chi connectivity index (χ4n) is 3.11. The molecule has 2 aromatic carbocycles. The third-order valence-corrected chi connectivity index (χ3v) is 5.50. The van der Waals surface area contributed by atoms with E-state index in [1.54, 1.807) is 6.08 Å². The van der Waals surface area contributed by atoms with Gasteiger partial charge >= 0.3 is 0 Å². The molecule has 1 N–H and O–H groups in total. The van der Waals surface area contributed by atoms with Gasteiger partial charge in [0.1, 0.15) is 24.0 Å². The number of amides is 1. The largest absolute Gasteiger partial charge is 0.488 e. The lowest BCUT2D eigenvalue weighted by atomic mass is 10.1. The van der Waals surface area contributed by atoms with Crippen LogP contribution in [0.15, 0.2) is 52.5 Å². The summed E-state index contributed by atoms with van der Waals surface area (Å²) in [5.41, 5.74) is 1.87. The average molecular weight is 460 g/mol. The van der Waals surface area contributed by atoms with Gasteiger partial charge in [0.05, 0.1) is 4.47 Å². The van der Waals surface area contributed by atoms with Crippen molar-refractivity contribution < 1.29 is 9.53 Å². The molecule has 0 saturated heterocycles. The Hall–Kier alpha value is -2.29. The van der Waals surface area contributed by atoms with E-state index < -0.39 is 0 Å². The topological polar surface area (TPSA) is 62.1 Å². The molecule has 1 saturated carbocycles. The molecule has 1 amide bonds. The van der Waals surface area contributed by atoms with Crippen LogP contribution in [0.1, 0.15) is 36.8 Å². The molecule has 0 bridgehead atoms. The summed E-state index contributed by atoms with van der Waals surface area (Å²) in [6.07, 6.45) is 5.81. The minimum absolute atomic E-state index is 0.105. The molecule has 6 heteroatoms. The van der Waals surface area contributed by atoms with Crippen LogP contribution < -0.4 is 10.1 Å². The fraction of sp³-hybridized carbons (Fsp3) is 0.273. The molecular weight excluding hydrogens is 440 g/mol. The monoisotopic (exact) mass is 458 g/mol. The van der Waals surface area contributed by atoms with Crippen LogP contribution in [0, 0.1) is 11.3 Å². The maximum atomic E-state index is 12.3. The Bertz CT molecular complexity index is 913. The van der Waals surface area contributed by atoms with Crippen LogP contribution in [0.5, 0.6) is 5.75 Å². The zero-order valence-corrected chi connectivity index (χ0v) is 17.6. The summed E-state index contributed by atoms with van der Waals surface area (Å²) in [5, 5.41) is 13.0. The normalized spacial score (nSPS) is 14.5. The van der Waals surface area contributed by atoms with Crippen molar-refractivity contribution in [1.82, 2.24) is 5.32 Å². The summed E-state index contributed by atoms with van der Waals surface area (Å²) >= 11 is 9.38. The minimum atomic E-state index is -0.311. The van der Waals surface area contributed by atoms with Gasteiger partial charge in [-0.3, -0.25) is 4.79 Å². The summed E-state index contributed by atoms with van der Waals surface area (Å²) in [6.45, 7) is 0.415. The van der Waals surface area contributed by atoms with Crippen molar-refractivity contribution in [3.8, 4) is 11.8 Å². The first-order valence-corrected chi connectivity index (χ1v) is 10.3. The predicted molar refractivity (Wildman–Crippen MR) is 114 cm³/mol. The molecule has 0 radical (unpaired) electrons. The van der Waals surface area contributed by atoms with E-state index in [0.29, 0.717) is 17.4 Å². The van der Waals surface area contributed by atoms with E-state index in [2.05, 4.69) is 21.2 Å². The lowest BCUT2D eigenvalue weighted by Crippen LogP contribution is -2.33. The number of benzene rings is 2. The summed E-state index contributed by atoms with van der Waals surface area (Å²) in [6, 6.07) is 15.1. The summed E-state index contributed by atoms with van der Waals surface area (Å²) in [7, 11) is 0. The Kier molecular flexibility index (Phi) is 7.13. The lowest BCUT2D eigenvalue weighted by molar-refractivity contribution is -0.117. The summed E-state index contributed by atoms with van der Waals surface area (Å²) in [5.74, 6) is 0.370. The highest BCUT2D eigenvalue weighted by Crippen LogP contribution is 2.28. The van der Waals surface area contributed by atoms with Gasteiger partial charge in [-0.2, -0.15) is 5.26 Å². The van der Waals surface area contributed by atoms with Crippen molar-refractivity contribution in [2.75, 3.05) is 0 Å². The Balaban J connectivity index is 1.66. The first kappa shape index (κ1) is 20.4. The second kappa shape index (κ2) is 9.77. The number of halogens is 2. The van der Waals surface area contributed by atoms with E-state index in [9.17, 15) is 10.1 Å². The second-order valence-corrected chi connectivity index (χ2v) is 8.02. The fourth-order valence-corrected chi connectivity index (χ4v) is 3.75. The Morgan fingerprint density at radius 3 is 2.61 bits per heavy atom. The quantitative estimate of drug-likeness (QED) is 0.449. The van der Waals surface area contributed by atoms with E-state index in [0.717, 1.165) is 41.3 Å². The smallest absolute Gasteiger partial charge is 0.262 e. The van der Waals surface area contributed by atoms with Crippen LogP contribution in [-0.2, 0) is 11.4 Å². The molecule has 1 aliphatic rings. The van der Waals surface area contributed by atoms with E-state index in [1.165, 1.54) is 0 Å². The number of rotatable bonds is 6. The van der Waals surface area contributed by atoms with Gasteiger partial charge in [-0.1, -0.05) is 42.6 Å². The lowest BCUT2D eigenvalue weighted by Gasteiger charge is -2.11. The van der Waals surface area contributed by atoms with Crippen molar-refractivity contribution in [2.45, 2.75) is 38.3 Å². The summed E-state index contributed by atoms with van der Waals surface area (Å²) in [4.78, 5) is 12.3. The average Bonchev–Trinajstić information content (AvgIpc) is 3.19. The second-order valence-electron chi connectivity index (χ2n) is 6.73. The molecule has 4 nitrogen and oxygen atoms in total. The van der Waals surface area contributed by atoms with Crippen LogP contribution in [-0.4, -0.2) is 11.9 Å². The molecule has 0 atom stereocenters. The number of ether oxygens (including phenoxy) is 1. The molecule has 3 rings (SSSR count). The number of nitrogens with one attached hydrogen (secondary N) is 1. The molecule has 0 aliphatic heterocycles. The maximum absolute atomic E-state index is 12.3. The van der Waals surface area contributed by atoms with Crippen molar-refractivity contribution in [3.63, 3.8) is 0 Å². The first-order valence-electron chi connectivity index (χ1n) is 9.14. The van der Waals surface area contributed by atoms with Crippen molar-refractivity contribution in [1.29, 1.82) is 5.26 Å². The van der Waals surface area contributed by atoms with Crippen LogP contribution in [0.2, 0.25) is 5.02 Å². The highest BCUT2D eigenvalue weighted by atomic mass is 79.9. The number of nitrogens with zero attached hydrogens (tertiary/aromatic N) is 1. The van der Waals surface area contributed by atoms with Gasteiger partial charge in [-0.25, -0.2) is 0 Å². The molecule has 2 aromatic rings. The van der Waals surface area contributed by atoms with Gasteiger partial charge in [-0.05, 0) is 70.2 Å². The van der Waals surface area contributed by atoms with E-state index >= 15 is 0 Å². The number of hydrogen-bond donors (Lipinski definition) is 1. The zero-order valence-electron chi connectivity index (χ0n) is 15.3. The molecule has 0 spiro atoms. The molecule has 0 aromatic heterocycles. The highest BCUT2D eigenvalue weighted by molar-refractivity contribution is 9.10. The highest BCUT2D eigenvalue weighted by Gasteiger charge is 2.19. The van der Waals surface area contributed by atoms with E-state index in [-0.39, 0.29) is 17.5 Å². The minimum Gasteiger partial charge on any atom is -0.488 e. The third kappa shape index (κ3) is 5.60. The van der Waals surface area contributed by atoms with Crippen molar-refractivity contribution in [3.05, 3.63) is 68.7 Å². The molecule has 0 unspecified atom stereocenters. The first-order chi connectivity index (χ1) is 13.5. The van der Waals surface area contributed by atoms with Gasteiger partial charge in [0.25, 0.3) is 5.91 Å². The maximum Gasteiger partial charge on any atom is 0.262 e. The molecule has 144 valence electrons. The zero-order chi connectivity index (χ0) is 19.9. The molecular formula is C22H20BrClN2O2. The predicted octanol–water partition coefficient (Wildman–Crippen LogP) is 5.65. The Labute approximate surface area is 178 Å². The van der Waals surface area contributed by atoms with Gasteiger partial charge < -0.3 is 10.1 Å². The molecule has 1 fully saturated rings. The third-order valence-electron chi connectivity index (χ3n) is 4.63. The van der Waals surface area contributed by atoms with Crippen LogP contribution in [0.3, 0.4) is 0 Å². The number of carbonyl (C=O) groups excluding carboxylic acids is 1. The van der Waals surface area contributed by atoms with Crippen molar-refractivity contribution >= 4 is 39.5 Å². The van der Waals surface area contributed by atoms with Gasteiger partial charge in [0.15, 0.2) is 0 Å². The van der Waals surface area contributed by atoms with Gasteiger partial charge in [0, 0.05) is 11.1 Å². The van der Waals surface area contributed by atoms with E-state index in [1.807, 2.05) is 48.5 Å². The molecule has 1 aliphatic carbocycles. The van der Waals surface area contributed by atoms with Crippen LogP contribution in [0.4, 0.5) is 0 Å². The molecule has 0 heterocycles. The Morgan fingerprint density at radius 2 is 1.96 bits per heavy atom. The standard InChI is InChI=1S/C22H20BrClN2O2/c23-20-12-16(11-17(13-25)22(27)26-19-3-1-2-4-19)7-10-21(20)28-14-15-5-8-18(24)9-6-15/h5-12,19H,1-4,14H2,(H,26,27)/b17-11-.